The maximum atomic E-state index is 12.4. The largest absolute Gasteiger partial charge is 0.480 e. The third-order valence-electron chi connectivity index (χ3n) is 4.16. The molecule has 1 amide bonds. The molecule has 0 fully saturated rings. The Bertz CT molecular complexity index is 792. The zero-order valence-electron chi connectivity index (χ0n) is 13.0. The molecular weight excluding hydrogens is 328 g/mol. The quantitative estimate of drug-likeness (QED) is 0.874. The van der Waals surface area contributed by atoms with E-state index >= 15 is 0 Å². The van der Waals surface area contributed by atoms with E-state index in [0.29, 0.717) is 16.3 Å². The number of carbonyl (C=O) groups excluding carboxylic acids is 1. The minimum absolute atomic E-state index is 0.0760. The van der Waals surface area contributed by atoms with Crippen molar-refractivity contribution in [1.82, 2.24) is 10.3 Å². The van der Waals surface area contributed by atoms with Crippen molar-refractivity contribution in [1.29, 1.82) is 0 Å². The number of nitrogens with one attached hydrogen (secondary N) is 1. The first-order valence-corrected chi connectivity index (χ1v) is 8.16. The normalized spacial score (nSPS) is 14.0. The first-order chi connectivity index (χ1) is 11.5. The van der Waals surface area contributed by atoms with Crippen LogP contribution in [0.2, 0.25) is 5.02 Å². The van der Waals surface area contributed by atoms with Gasteiger partial charge in [0.25, 0.3) is 5.91 Å². The number of aromatic nitrogens is 1. The number of benzene rings is 1. The van der Waals surface area contributed by atoms with Gasteiger partial charge in [0, 0.05) is 28.9 Å². The Hall–Kier alpha value is -2.40. The predicted molar refractivity (Wildman–Crippen MR) is 90.3 cm³/mol. The fourth-order valence-corrected chi connectivity index (χ4v) is 3.11. The minimum Gasteiger partial charge on any atom is -0.480 e. The fourth-order valence-electron chi connectivity index (χ4n) is 2.92. The molecular formula is C18H17ClN2O3. The lowest BCUT2D eigenvalue weighted by molar-refractivity contribution is -0.139. The van der Waals surface area contributed by atoms with E-state index in [2.05, 4.69) is 10.3 Å². The Balaban J connectivity index is 1.73. The summed E-state index contributed by atoms with van der Waals surface area (Å²) >= 11 is 5.89. The number of hydrogen-bond donors (Lipinski definition) is 2. The summed E-state index contributed by atoms with van der Waals surface area (Å²) in [6, 6.07) is 7.70. The third-order valence-corrected chi connectivity index (χ3v) is 4.39. The van der Waals surface area contributed by atoms with E-state index < -0.39 is 12.0 Å². The van der Waals surface area contributed by atoms with Crippen molar-refractivity contribution in [3.05, 3.63) is 63.9 Å². The molecule has 2 N–H and O–H groups in total. The number of carboxylic acids is 1. The second-order valence-corrected chi connectivity index (χ2v) is 6.31. The number of halogens is 1. The van der Waals surface area contributed by atoms with Gasteiger partial charge in [0.15, 0.2) is 0 Å². The monoisotopic (exact) mass is 344 g/mol. The van der Waals surface area contributed by atoms with Gasteiger partial charge in [0.1, 0.15) is 6.04 Å². The Morgan fingerprint density at radius 3 is 2.75 bits per heavy atom. The molecule has 1 aliphatic rings. The second-order valence-electron chi connectivity index (χ2n) is 5.87. The summed E-state index contributed by atoms with van der Waals surface area (Å²) in [4.78, 5) is 28.0. The van der Waals surface area contributed by atoms with E-state index in [-0.39, 0.29) is 12.3 Å². The number of hydrogen-bond acceptors (Lipinski definition) is 3. The SMILES string of the molecule is O=C(NC(Cc1cc(Cl)ccn1)C(=O)O)c1ccc2c(c1)CCC2. The molecule has 24 heavy (non-hydrogen) atoms. The number of aliphatic carboxylic acids is 1. The molecule has 1 aromatic carbocycles. The number of nitrogens with zero attached hydrogens (tertiary/aromatic N) is 1. The molecule has 5 nitrogen and oxygen atoms in total. The van der Waals surface area contributed by atoms with Crippen LogP contribution in [-0.4, -0.2) is 28.0 Å². The van der Waals surface area contributed by atoms with Gasteiger partial charge < -0.3 is 10.4 Å². The first kappa shape index (κ1) is 16.5. The molecule has 0 aliphatic heterocycles. The van der Waals surface area contributed by atoms with Crippen LogP contribution < -0.4 is 5.32 Å². The average molecular weight is 345 g/mol. The van der Waals surface area contributed by atoms with Crippen LogP contribution in [0.5, 0.6) is 0 Å². The van der Waals surface area contributed by atoms with Crippen LogP contribution in [0.3, 0.4) is 0 Å². The van der Waals surface area contributed by atoms with E-state index in [1.165, 1.54) is 17.3 Å². The number of rotatable bonds is 5. The Morgan fingerprint density at radius 2 is 2.00 bits per heavy atom. The molecule has 1 unspecified atom stereocenters. The average Bonchev–Trinajstić information content (AvgIpc) is 3.01. The molecule has 1 heterocycles. The van der Waals surface area contributed by atoms with Gasteiger partial charge in [-0.15, -0.1) is 0 Å². The molecule has 0 radical (unpaired) electrons. The fraction of sp³-hybridized carbons (Fsp3) is 0.278. The molecule has 1 aromatic heterocycles. The van der Waals surface area contributed by atoms with Crippen molar-refractivity contribution < 1.29 is 14.7 Å². The van der Waals surface area contributed by atoms with Crippen molar-refractivity contribution in [2.45, 2.75) is 31.7 Å². The van der Waals surface area contributed by atoms with E-state index in [1.54, 1.807) is 18.2 Å². The van der Waals surface area contributed by atoms with Crippen molar-refractivity contribution in [3.63, 3.8) is 0 Å². The lowest BCUT2D eigenvalue weighted by Crippen LogP contribution is -2.42. The van der Waals surface area contributed by atoms with Crippen LogP contribution in [0.25, 0.3) is 0 Å². The summed E-state index contributed by atoms with van der Waals surface area (Å²) < 4.78 is 0. The molecule has 1 aliphatic carbocycles. The van der Waals surface area contributed by atoms with Crippen LogP contribution in [0.4, 0.5) is 0 Å². The molecule has 6 heteroatoms. The summed E-state index contributed by atoms with van der Waals surface area (Å²) in [5, 5.41) is 12.4. The number of fused-ring (bicyclic) bond motifs is 1. The lowest BCUT2D eigenvalue weighted by atomic mass is 10.0. The highest BCUT2D eigenvalue weighted by molar-refractivity contribution is 6.30. The standard InChI is InChI=1S/C18H17ClN2O3/c19-14-6-7-20-15(9-14)10-16(18(23)24)21-17(22)13-5-4-11-2-1-3-12(11)8-13/h4-9,16H,1-3,10H2,(H,21,22)(H,23,24). The zero-order chi connectivity index (χ0) is 17.1. The number of amides is 1. The second kappa shape index (κ2) is 7.01. The Morgan fingerprint density at radius 1 is 1.21 bits per heavy atom. The molecule has 0 saturated heterocycles. The topological polar surface area (TPSA) is 79.3 Å². The Labute approximate surface area is 144 Å². The number of pyridine rings is 1. The van der Waals surface area contributed by atoms with Crippen LogP contribution in [0.15, 0.2) is 36.5 Å². The molecule has 1 atom stereocenters. The van der Waals surface area contributed by atoms with E-state index in [1.807, 2.05) is 12.1 Å². The summed E-state index contributed by atoms with van der Waals surface area (Å²) in [6.07, 6.45) is 4.69. The van der Waals surface area contributed by atoms with Crippen molar-refractivity contribution in [3.8, 4) is 0 Å². The minimum atomic E-state index is -1.11. The maximum absolute atomic E-state index is 12.4. The first-order valence-electron chi connectivity index (χ1n) is 7.79. The zero-order valence-corrected chi connectivity index (χ0v) is 13.7. The highest BCUT2D eigenvalue weighted by Crippen LogP contribution is 2.22. The van der Waals surface area contributed by atoms with E-state index in [9.17, 15) is 14.7 Å². The van der Waals surface area contributed by atoms with Gasteiger partial charge in [-0.05, 0) is 54.7 Å². The number of carboxylic acid groups (broad SMARTS) is 1. The van der Waals surface area contributed by atoms with Crippen LogP contribution in [0, 0.1) is 0 Å². The van der Waals surface area contributed by atoms with Gasteiger partial charge in [-0.3, -0.25) is 9.78 Å². The van der Waals surface area contributed by atoms with E-state index in [4.69, 9.17) is 11.6 Å². The summed E-state index contributed by atoms with van der Waals surface area (Å²) in [5.41, 5.74) is 3.45. The van der Waals surface area contributed by atoms with Gasteiger partial charge in [0.05, 0.1) is 0 Å². The van der Waals surface area contributed by atoms with Crippen molar-refractivity contribution >= 4 is 23.5 Å². The highest BCUT2D eigenvalue weighted by Gasteiger charge is 2.22. The van der Waals surface area contributed by atoms with Gasteiger partial charge in [-0.25, -0.2) is 4.79 Å². The van der Waals surface area contributed by atoms with Crippen LogP contribution in [0.1, 0.15) is 33.6 Å². The molecule has 124 valence electrons. The smallest absolute Gasteiger partial charge is 0.326 e. The van der Waals surface area contributed by atoms with Crippen molar-refractivity contribution in [2.24, 2.45) is 0 Å². The van der Waals surface area contributed by atoms with Crippen LogP contribution >= 0.6 is 11.6 Å². The van der Waals surface area contributed by atoms with Crippen molar-refractivity contribution in [2.75, 3.05) is 0 Å². The number of aryl methyl sites for hydroxylation is 2. The van der Waals surface area contributed by atoms with Gasteiger partial charge in [-0.2, -0.15) is 0 Å². The lowest BCUT2D eigenvalue weighted by Gasteiger charge is -2.15. The van der Waals surface area contributed by atoms with E-state index in [0.717, 1.165) is 19.3 Å². The summed E-state index contributed by atoms with van der Waals surface area (Å²) in [6.45, 7) is 0. The molecule has 0 spiro atoms. The highest BCUT2D eigenvalue weighted by atomic mass is 35.5. The molecule has 0 saturated carbocycles. The maximum Gasteiger partial charge on any atom is 0.326 e. The van der Waals surface area contributed by atoms with Gasteiger partial charge >= 0.3 is 5.97 Å². The number of carbonyl (C=O) groups is 2. The molecule has 0 bridgehead atoms. The third kappa shape index (κ3) is 3.74. The molecule has 2 aromatic rings. The summed E-state index contributed by atoms with van der Waals surface area (Å²) in [7, 11) is 0. The Kier molecular flexibility index (Phi) is 4.81. The van der Waals surface area contributed by atoms with Gasteiger partial charge in [-0.1, -0.05) is 17.7 Å². The summed E-state index contributed by atoms with van der Waals surface area (Å²) in [5.74, 6) is -1.49. The van der Waals surface area contributed by atoms with Crippen LogP contribution in [-0.2, 0) is 24.1 Å². The van der Waals surface area contributed by atoms with Gasteiger partial charge in [0.2, 0.25) is 0 Å². The molecule has 3 rings (SSSR count). The predicted octanol–water partition coefficient (Wildman–Crippen LogP) is 2.65.